The number of amides is 1. The van der Waals surface area contributed by atoms with Gasteiger partial charge in [-0.3, -0.25) is 4.79 Å². The Morgan fingerprint density at radius 3 is 2.23 bits per heavy atom. The minimum absolute atomic E-state index is 0.0452. The molecule has 0 unspecified atom stereocenters. The number of rotatable bonds is 11. The molecule has 4 rings (SSSR count). The summed E-state index contributed by atoms with van der Waals surface area (Å²) in [5.74, 6) is -0.580. The van der Waals surface area contributed by atoms with Crippen molar-refractivity contribution in [3.05, 3.63) is 131 Å². The first-order valence-electron chi connectivity index (χ1n) is 12.9. The molecule has 0 saturated carbocycles. The van der Waals surface area contributed by atoms with Gasteiger partial charge in [-0.05, 0) is 72.0 Å². The molecule has 0 aliphatic rings. The number of hydrogen-bond acceptors (Lipinski definition) is 4. The molecule has 0 heterocycles. The second kappa shape index (κ2) is 13.1. The Labute approximate surface area is 227 Å². The molecular weight excluding hydrogens is 498 g/mol. The van der Waals surface area contributed by atoms with Crippen LogP contribution in [0.1, 0.15) is 34.0 Å². The standard InChI is InChI=1S/C32H32F2N2O3/c1-2-22-8-6-9-23(14-22)20-36(21-31(37)30(35)17-24-15-26(33)19-27(34)16-24)32(38)25-10-7-13-29(18-25)39-28-11-4-3-5-12-28/h3-16,18-19,30-31,37H,2,17,20-21,35H2,1H3/t30-,31+/m0/s1. The van der Waals surface area contributed by atoms with E-state index in [0.29, 0.717) is 22.6 Å². The molecule has 4 aromatic rings. The van der Waals surface area contributed by atoms with Gasteiger partial charge in [0, 0.05) is 30.8 Å². The summed E-state index contributed by atoms with van der Waals surface area (Å²) in [4.78, 5) is 15.3. The first-order chi connectivity index (χ1) is 18.8. The number of aryl methyl sites for hydroxylation is 1. The van der Waals surface area contributed by atoms with E-state index in [9.17, 15) is 18.7 Å². The number of para-hydroxylation sites is 1. The van der Waals surface area contributed by atoms with Gasteiger partial charge in [0.2, 0.25) is 0 Å². The van der Waals surface area contributed by atoms with Crippen LogP contribution in [0.4, 0.5) is 8.78 Å². The third kappa shape index (κ3) is 7.96. The second-order valence-corrected chi connectivity index (χ2v) is 9.52. The van der Waals surface area contributed by atoms with Crippen molar-refractivity contribution in [2.45, 2.75) is 38.5 Å². The first kappa shape index (κ1) is 28.0. The van der Waals surface area contributed by atoms with E-state index in [0.717, 1.165) is 23.6 Å². The van der Waals surface area contributed by atoms with E-state index < -0.39 is 23.8 Å². The second-order valence-electron chi connectivity index (χ2n) is 9.52. The van der Waals surface area contributed by atoms with Crippen molar-refractivity contribution >= 4 is 5.91 Å². The quantitative estimate of drug-likeness (QED) is 0.254. The molecule has 0 saturated heterocycles. The number of carbonyl (C=O) groups excluding carboxylic acids is 1. The molecular formula is C32H32F2N2O3. The lowest BCUT2D eigenvalue weighted by Crippen LogP contribution is -2.46. The van der Waals surface area contributed by atoms with Gasteiger partial charge in [-0.2, -0.15) is 0 Å². The van der Waals surface area contributed by atoms with Crippen LogP contribution < -0.4 is 10.5 Å². The fraction of sp³-hybridized carbons (Fsp3) is 0.219. The van der Waals surface area contributed by atoms with Crippen LogP contribution in [0.25, 0.3) is 0 Å². The van der Waals surface area contributed by atoms with Crippen molar-refractivity contribution in [3.8, 4) is 11.5 Å². The Morgan fingerprint density at radius 2 is 1.51 bits per heavy atom. The van der Waals surface area contributed by atoms with Gasteiger partial charge in [0.1, 0.15) is 23.1 Å². The van der Waals surface area contributed by atoms with Crippen LogP contribution in [0, 0.1) is 11.6 Å². The summed E-state index contributed by atoms with van der Waals surface area (Å²) in [7, 11) is 0. The maximum Gasteiger partial charge on any atom is 0.254 e. The topological polar surface area (TPSA) is 75.8 Å². The highest BCUT2D eigenvalue weighted by molar-refractivity contribution is 5.94. The number of nitrogens with zero attached hydrogens (tertiary/aromatic N) is 1. The summed E-state index contributed by atoms with van der Waals surface area (Å²) >= 11 is 0. The van der Waals surface area contributed by atoms with Crippen molar-refractivity contribution in [2.75, 3.05) is 6.54 Å². The Hall–Kier alpha value is -4.07. The molecule has 3 N–H and O–H groups in total. The first-order valence-corrected chi connectivity index (χ1v) is 12.9. The Bertz CT molecular complexity index is 1380. The van der Waals surface area contributed by atoms with Gasteiger partial charge in [0.05, 0.1) is 6.10 Å². The van der Waals surface area contributed by atoms with Crippen LogP contribution in [0.2, 0.25) is 0 Å². The summed E-state index contributed by atoms with van der Waals surface area (Å²) in [5, 5.41) is 11.0. The van der Waals surface area contributed by atoms with Crippen LogP contribution in [-0.2, 0) is 19.4 Å². The number of benzene rings is 4. The molecule has 0 aromatic heterocycles. The largest absolute Gasteiger partial charge is 0.457 e. The summed E-state index contributed by atoms with van der Waals surface area (Å²) in [6.45, 7) is 2.23. The molecule has 0 fully saturated rings. The Balaban J connectivity index is 1.55. The van der Waals surface area contributed by atoms with E-state index in [1.165, 1.54) is 17.0 Å². The normalized spacial score (nSPS) is 12.5. The van der Waals surface area contributed by atoms with Crippen LogP contribution in [0.15, 0.2) is 97.1 Å². The van der Waals surface area contributed by atoms with Crippen molar-refractivity contribution in [2.24, 2.45) is 5.73 Å². The Morgan fingerprint density at radius 1 is 0.846 bits per heavy atom. The predicted octanol–water partition coefficient (Wildman–Crippen LogP) is 5.89. The van der Waals surface area contributed by atoms with E-state index >= 15 is 0 Å². The SMILES string of the molecule is CCc1cccc(CN(C[C@@H](O)[C@@H](N)Cc2cc(F)cc(F)c2)C(=O)c2cccc(Oc3ccccc3)c2)c1. The molecule has 0 aliphatic heterocycles. The average molecular weight is 531 g/mol. The average Bonchev–Trinajstić information content (AvgIpc) is 2.92. The van der Waals surface area contributed by atoms with E-state index in [1.807, 2.05) is 54.6 Å². The molecule has 0 bridgehead atoms. The van der Waals surface area contributed by atoms with E-state index in [2.05, 4.69) is 6.92 Å². The van der Waals surface area contributed by atoms with Gasteiger partial charge in [-0.15, -0.1) is 0 Å². The van der Waals surface area contributed by atoms with Crippen molar-refractivity contribution in [1.29, 1.82) is 0 Å². The lowest BCUT2D eigenvalue weighted by molar-refractivity contribution is 0.0554. The number of aliphatic hydroxyl groups excluding tert-OH is 1. The zero-order valence-electron chi connectivity index (χ0n) is 21.8. The van der Waals surface area contributed by atoms with Gasteiger partial charge in [-0.1, -0.05) is 55.5 Å². The fourth-order valence-corrected chi connectivity index (χ4v) is 4.39. The lowest BCUT2D eigenvalue weighted by Gasteiger charge is -2.28. The summed E-state index contributed by atoms with van der Waals surface area (Å²) < 4.78 is 33.2. The predicted molar refractivity (Wildman–Crippen MR) is 148 cm³/mol. The molecule has 0 spiro atoms. The van der Waals surface area contributed by atoms with Gasteiger partial charge in [0.25, 0.3) is 5.91 Å². The number of halogens is 2. The molecule has 39 heavy (non-hydrogen) atoms. The highest BCUT2D eigenvalue weighted by atomic mass is 19.1. The number of nitrogens with two attached hydrogens (primary N) is 1. The number of hydrogen-bond donors (Lipinski definition) is 2. The molecule has 4 aromatic carbocycles. The van der Waals surface area contributed by atoms with Crippen LogP contribution in [0.3, 0.4) is 0 Å². The molecule has 0 radical (unpaired) electrons. The zero-order valence-corrected chi connectivity index (χ0v) is 21.8. The van der Waals surface area contributed by atoms with Crippen molar-refractivity contribution in [1.82, 2.24) is 4.90 Å². The summed E-state index contributed by atoms with van der Waals surface area (Å²) in [6, 6.07) is 26.3. The summed E-state index contributed by atoms with van der Waals surface area (Å²) in [6.07, 6.45) is -0.250. The molecule has 0 aliphatic carbocycles. The minimum atomic E-state index is -1.14. The van der Waals surface area contributed by atoms with Crippen LogP contribution in [-0.4, -0.2) is 34.6 Å². The molecule has 7 heteroatoms. The van der Waals surface area contributed by atoms with Crippen LogP contribution >= 0.6 is 0 Å². The van der Waals surface area contributed by atoms with Gasteiger partial charge < -0.3 is 20.5 Å². The smallest absolute Gasteiger partial charge is 0.254 e. The maximum atomic E-state index is 13.7. The van der Waals surface area contributed by atoms with Crippen molar-refractivity contribution in [3.63, 3.8) is 0 Å². The monoisotopic (exact) mass is 530 g/mol. The molecule has 2 atom stereocenters. The third-order valence-corrected chi connectivity index (χ3v) is 6.42. The zero-order chi connectivity index (χ0) is 27.8. The van der Waals surface area contributed by atoms with Gasteiger partial charge >= 0.3 is 0 Å². The fourth-order valence-electron chi connectivity index (χ4n) is 4.39. The molecule has 5 nitrogen and oxygen atoms in total. The van der Waals surface area contributed by atoms with Crippen molar-refractivity contribution < 1.29 is 23.4 Å². The number of aliphatic hydroxyl groups is 1. The Kier molecular flexibility index (Phi) is 9.41. The minimum Gasteiger partial charge on any atom is -0.457 e. The van der Waals surface area contributed by atoms with Gasteiger partial charge in [-0.25, -0.2) is 8.78 Å². The molecule has 202 valence electrons. The van der Waals surface area contributed by atoms with E-state index in [4.69, 9.17) is 10.5 Å². The number of carbonyl (C=O) groups is 1. The highest BCUT2D eigenvalue weighted by Gasteiger charge is 2.24. The lowest BCUT2D eigenvalue weighted by atomic mass is 10.0. The van der Waals surface area contributed by atoms with E-state index in [-0.39, 0.29) is 25.4 Å². The van der Waals surface area contributed by atoms with E-state index in [1.54, 1.807) is 24.3 Å². The molecule has 1 amide bonds. The van der Waals surface area contributed by atoms with Gasteiger partial charge in [0.15, 0.2) is 0 Å². The highest BCUT2D eigenvalue weighted by Crippen LogP contribution is 2.23. The third-order valence-electron chi connectivity index (χ3n) is 6.42. The number of ether oxygens (including phenoxy) is 1. The summed E-state index contributed by atoms with van der Waals surface area (Å²) in [5.41, 5.74) is 8.99. The van der Waals surface area contributed by atoms with Crippen LogP contribution in [0.5, 0.6) is 11.5 Å². The maximum absolute atomic E-state index is 13.7.